The molecule has 6 heteroatoms. The summed E-state index contributed by atoms with van der Waals surface area (Å²) in [7, 11) is -0.158. The van der Waals surface area contributed by atoms with E-state index in [1.54, 1.807) is 12.1 Å². The number of nitrogens with zero attached hydrogens (tertiary/aromatic N) is 1. The first-order chi connectivity index (χ1) is 10.2. The molecule has 1 aromatic rings. The Bertz CT molecular complexity index is 552. The molecule has 0 aromatic heterocycles. The van der Waals surface area contributed by atoms with E-state index in [0.717, 1.165) is 23.1 Å². The first-order valence-electron chi connectivity index (χ1n) is 7.49. The summed E-state index contributed by atoms with van der Waals surface area (Å²) in [5, 5.41) is 12.0. The lowest BCUT2D eigenvalue weighted by Crippen LogP contribution is -2.37. The quantitative estimate of drug-likeness (QED) is 0.668. The number of phenolic OH excluding ortho intramolecular Hbond substituents is 1. The van der Waals surface area contributed by atoms with Crippen LogP contribution in [-0.2, 0) is 9.63 Å². The van der Waals surface area contributed by atoms with E-state index < -0.39 is 14.0 Å². The fraction of sp³-hybridized carbons (Fsp3) is 0.500. The fourth-order valence-electron chi connectivity index (χ4n) is 1.88. The average molecular weight is 323 g/mol. The smallest absolute Gasteiger partial charge is 0.366 e. The van der Waals surface area contributed by atoms with Crippen LogP contribution in [0.1, 0.15) is 36.5 Å². The van der Waals surface area contributed by atoms with E-state index >= 15 is 0 Å². The minimum Gasteiger partial charge on any atom is -0.507 e. The lowest BCUT2D eigenvalue weighted by atomic mass is 10.2. The van der Waals surface area contributed by atoms with Gasteiger partial charge in [-0.05, 0) is 18.6 Å². The lowest BCUT2D eigenvalue weighted by Gasteiger charge is -2.19. The molecule has 0 spiro atoms. The van der Waals surface area contributed by atoms with Crippen LogP contribution in [-0.4, -0.2) is 37.2 Å². The largest absolute Gasteiger partial charge is 0.507 e. The van der Waals surface area contributed by atoms with Gasteiger partial charge in [-0.2, -0.15) is 5.06 Å². The fourth-order valence-corrected chi connectivity index (χ4v) is 3.03. The van der Waals surface area contributed by atoms with Gasteiger partial charge in [-0.1, -0.05) is 44.2 Å². The van der Waals surface area contributed by atoms with Crippen LogP contribution in [0.3, 0.4) is 0 Å². The number of carbonyl (C=O) groups is 2. The van der Waals surface area contributed by atoms with Gasteiger partial charge in [-0.25, -0.2) is 4.79 Å². The number of unbranched alkanes of at least 4 members (excludes halogenated alkanes) is 1. The van der Waals surface area contributed by atoms with Crippen molar-refractivity contribution in [2.24, 2.45) is 0 Å². The molecule has 1 aromatic carbocycles. The Morgan fingerprint density at radius 3 is 2.41 bits per heavy atom. The molecule has 0 bridgehead atoms. The van der Waals surface area contributed by atoms with Gasteiger partial charge in [-0.15, -0.1) is 0 Å². The maximum absolute atomic E-state index is 12.1. The maximum atomic E-state index is 12.1. The number of hydroxylamine groups is 2. The minimum atomic E-state index is -1.56. The average Bonchev–Trinajstić information content (AvgIpc) is 2.43. The highest BCUT2D eigenvalue weighted by Gasteiger charge is 2.22. The number of carbonyl (C=O) groups excluding carboxylic acids is 2. The standard InChI is InChI=1S/C16H25NO4Si/c1-6-7-8-15(19)17(2)21-16(20)13-10-9-12(11-14(13)18)22(3,4)5/h9-11,18H,6-8H2,1-5H3. The summed E-state index contributed by atoms with van der Waals surface area (Å²) in [4.78, 5) is 28.8. The van der Waals surface area contributed by atoms with Gasteiger partial charge in [0.1, 0.15) is 11.3 Å². The minimum absolute atomic E-state index is 0.0668. The van der Waals surface area contributed by atoms with E-state index in [1.807, 2.05) is 13.0 Å². The van der Waals surface area contributed by atoms with Crippen LogP contribution in [0.2, 0.25) is 19.6 Å². The Morgan fingerprint density at radius 2 is 1.91 bits per heavy atom. The zero-order valence-electron chi connectivity index (χ0n) is 14.0. The monoisotopic (exact) mass is 323 g/mol. The maximum Gasteiger partial charge on any atom is 0.366 e. The van der Waals surface area contributed by atoms with Crippen LogP contribution in [0, 0.1) is 0 Å². The summed E-state index contributed by atoms with van der Waals surface area (Å²) in [6.07, 6.45) is 1.98. The molecule has 0 radical (unpaired) electrons. The van der Waals surface area contributed by atoms with E-state index in [9.17, 15) is 14.7 Å². The van der Waals surface area contributed by atoms with E-state index in [-0.39, 0.29) is 17.2 Å². The molecule has 1 amide bonds. The number of hydrogen-bond acceptors (Lipinski definition) is 4. The summed E-state index contributed by atoms with van der Waals surface area (Å²) in [6.45, 7) is 8.44. The van der Waals surface area contributed by atoms with Crippen molar-refractivity contribution >= 4 is 25.1 Å². The second-order valence-corrected chi connectivity index (χ2v) is 11.4. The second-order valence-electron chi connectivity index (χ2n) is 6.36. The Morgan fingerprint density at radius 1 is 1.27 bits per heavy atom. The van der Waals surface area contributed by atoms with Crippen LogP contribution in [0.5, 0.6) is 5.75 Å². The van der Waals surface area contributed by atoms with Crippen molar-refractivity contribution in [3.05, 3.63) is 23.8 Å². The van der Waals surface area contributed by atoms with E-state index in [1.165, 1.54) is 7.05 Å². The number of rotatable bonds is 5. The SMILES string of the molecule is CCCCC(=O)N(C)OC(=O)c1ccc([Si](C)(C)C)cc1O. The first-order valence-corrected chi connectivity index (χ1v) is 11.0. The highest BCUT2D eigenvalue weighted by molar-refractivity contribution is 6.88. The first kappa shape index (κ1) is 18.2. The third-order valence-electron chi connectivity index (χ3n) is 3.40. The van der Waals surface area contributed by atoms with Crippen molar-refractivity contribution in [1.82, 2.24) is 5.06 Å². The normalized spacial score (nSPS) is 11.1. The highest BCUT2D eigenvalue weighted by Crippen LogP contribution is 2.18. The van der Waals surface area contributed by atoms with Gasteiger partial charge in [0, 0.05) is 13.5 Å². The van der Waals surface area contributed by atoms with Crippen LogP contribution in [0.25, 0.3) is 0 Å². The zero-order chi connectivity index (χ0) is 16.9. The number of amides is 1. The molecule has 0 unspecified atom stereocenters. The van der Waals surface area contributed by atoms with Crippen LogP contribution in [0.4, 0.5) is 0 Å². The van der Waals surface area contributed by atoms with Crippen LogP contribution in [0.15, 0.2) is 18.2 Å². The molecule has 0 heterocycles. The summed E-state index contributed by atoms with van der Waals surface area (Å²) >= 11 is 0. The summed E-state index contributed by atoms with van der Waals surface area (Å²) in [5.41, 5.74) is 0.0668. The second kappa shape index (κ2) is 7.44. The molecular formula is C16H25NO4Si. The topological polar surface area (TPSA) is 66.8 Å². The van der Waals surface area contributed by atoms with Gasteiger partial charge in [0.25, 0.3) is 5.91 Å². The molecule has 5 nitrogen and oxygen atoms in total. The van der Waals surface area contributed by atoms with Crippen molar-refractivity contribution in [1.29, 1.82) is 0 Å². The van der Waals surface area contributed by atoms with Gasteiger partial charge in [0.2, 0.25) is 0 Å². The Labute approximate surface area is 132 Å². The van der Waals surface area contributed by atoms with Gasteiger partial charge in [-0.3, -0.25) is 4.79 Å². The Kier molecular flexibility index (Phi) is 6.17. The number of phenols is 1. The Hall–Kier alpha value is -1.82. The molecule has 0 aliphatic rings. The lowest BCUT2D eigenvalue weighted by molar-refractivity contribution is -0.161. The summed E-state index contributed by atoms with van der Waals surface area (Å²) < 4.78 is 0. The molecule has 0 aliphatic heterocycles. The van der Waals surface area contributed by atoms with Crippen molar-refractivity contribution in [3.63, 3.8) is 0 Å². The summed E-state index contributed by atoms with van der Waals surface area (Å²) in [5.74, 6) is -1.10. The van der Waals surface area contributed by atoms with E-state index in [0.29, 0.717) is 6.42 Å². The van der Waals surface area contributed by atoms with Gasteiger partial charge < -0.3 is 9.94 Å². The molecule has 0 fully saturated rings. The molecule has 0 saturated carbocycles. The van der Waals surface area contributed by atoms with Gasteiger partial charge >= 0.3 is 5.97 Å². The van der Waals surface area contributed by atoms with Crippen molar-refractivity contribution in [2.45, 2.75) is 45.8 Å². The predicted molar refractivity (Wildman–Crippen MR) is 88.8 cm³/mol. The van der Waals surface area contributed by atoms with Crippen molar-refractivity contribution in [3.8, 4) is 5.75 Å². The zero-order valence-corrected chi connectivity index (χ0v) is 15.0. The molecule has 1 rings (SSSR count). The number of aromatic hydroxyl groups is 1. The third kappa shape index (κ3) is 4.87. The van der Waals surface area contributed by atoms with E-state index in [4.69, 9.17) is 4.84 Å². The third-order valence-corrected chi connectivity index (χ3v) is 5.44. The molecule has 1 N–H and O–H groups in total. The van der Waals surface area contributed by atoms with Crippen LogP contribution < -0.4 is 5.19 Å². The van der Waals surface area contributed by atoms with Crippen molar-refractivity contribution in [2.75, 3.05) is 7.05 Å². The molecule has 0 atom stereocenters. The molecule has 0 aliphatic carbocycles. The highest BCUT2D eigenvalue weighted by atomic mass is 28.3. The predicted octanol–water partition coefficient (Wildman–Crippen LogP) is 2.66. The Balaban J connectivity index is 2.80. The van der Waals surface area contributed by atoms with E-state index in [2.05, 4.69) is 19.6 Å². The molecule has 22 heavy (non-hydrogen) atoms. The molecule has 0 saturated heterocycles. The number of hydrogen-bond donors (Lipinski definition) is 1. The van der Waals surface area contributed by atoms with Crippen LogP contribution >= 0.6 is 0 Å². The van der Waals surface area contributed by atoms with Crippen molar-refractivity contribution < 1.29 is 19.5 Å². The summed E-state index contributed by atoms with van der Waals surface area (Å²) in [6, 6.07) is 5.00. The molecule has 122 valence electrons. The van der Waals surface area contributed by atoms with Gasteiger partial charge in [0.05, 0.1) is 8.07 Å². The molecular weight excluding hydrogens is 298 g/mol. The van der Waals surface area contributed by atoms with Gasteiger partial charge in [0.15, 0.2) is 0 Å². The number of benzene rings is 1.